The van der Waals surface area contributed by atoms with Crippen LogP contribution in [-0.2, 0) is 7.05 Å². The molecule has 0 bridgehead atoms. The van der Waals surface area contributed by atoms with E-state index in [0.717, 1.165) is 11.3 Å². The molecule has 0 spiro atoms. The van der Waals surface area contributed by atoms with E-state index >= 15 is 0 Å². The number of hydrogen-bond acceptors (Lipinski definition) is 3. The highest BCUT2D eigenvalue weighted by Gasteiger charge is 2.36. The van der Waals surface area contributed by atoms with E-state index in [0.29, 0.717) is 16.8 Å². The lowest BCUT2D eigenvalue weighted by Crippen LogP contribution is -2.29. The average molecular weight is 303 g/mol. The van der Waals surface area contributed by atoms with Crippen LogP contribution in [-0.4, -0.2) is 21.6 Å². The normalized spacial score (nSPS) is 13.5. The fraction of sp³-hybridized carbons (Fsp3) is 0.0556. The maximum atomic E-state index is 12.5. The van der Waals surface area contributed by atoms with E-state index in [1.807, 2.05) is 25.2 Å². The number of nitrogens with zero attached hydrogens (tertiary/aromatic N) is 3. The maximum absolute atomic E-state index is 12.5. The number of aryl methyl sites for hydroxylation is 1. The third-order valence-corrected chi connectivity index (χ3v) is 4.04. The van der Waals surface area contributed by atoms with Crippen LogP contribution in [0.2, 0.25) is 0 Å². The summed E-state index contributed by atoms with van der Waals surface area (Å²) in [5.41, 5.74) is 3.42. The van der Waals surface area contributed by atoms with E-state index < -0.39 is 0 Å². The van der Waals surface area contributed by atoms with Crippen LogP contribution in [0.3, 0.4) is 0 Å². The predicted octanol–water partition coefficient (Wildman–Crippen LogP) is 2.89. The number of aromatic nitrogens is 2. The molecular weight excluding hydrogens is 290 g/mol. The summed E-state index contributed by atoms with van der Waals surface area (Å²) < 4.78 is 1.77. The molecule has 0 atom stereocenters. The Morgan fingerprint density at radius 2 is 1.43 bits per heavy atom. The molecule has 0 radical (unpaired) electrons. The highest BCUT2D eigenvalue weighted by Crippen LogP contribution is 2.29. The van der Waals surface area contributed by atoms with Crippen molar-refractivity contribution in [3.8, 4) is 11.3 Å². The zero-order valence-corrected chi connectivity index (χ0v) is 12.4. The van der Waals surface area contributed by atoms with E-state index in [9.17, 15) is 9.59 Å². The van der Waals surface area contributed by atoms with Crippen LogP contribution in [0.25, 0.3) is 11.3 Å². The van der Waals surface area contributed by atoms with Crippen molar-refractivity contribution in [2.75, 3.05) is 4.90 Å². The van der Waals surface area contributed by atoms with Gasteiger partial charge in [-0.2, -0.15) is 5.10 Å². The van der Waals surface area contributed by atoms with Gasteiger partial charge in [-0.25, -0.2) is 4.90 Å². The highest BCUT2D eigenvalue weighted by molar-refractivity contribution is 6.34. The summed E-state index contributed by atoms with van der Waals surface area (Å²) in [6.45, 7) is 0. The van der Waals surface area contributed by atoms with Gasteiger partial charge in [-0.1, -0.05) is 24.3 Å². The minimum atomic E-state index is -0.279. The summed E-state index contributed by atoms with van der Waals surface area (Å²) in [4.78, 5) is 26.2. The molecule has 0 fully saturated rings. The number of anilines is 1. The van der Waals surface area contributed by atoms with Crippen molar-refractivity contribution in [2.45, 2.75) is 0 Å². The molecule has 0 saturated heterocycles. The van der Waals surface area contributed by atoms with Crippen molar-refractivity contribution >= 4 is 17.5 Å². The van der Waals surface area contributed by atoms with E-state index in [1.165, 1.54) is 4.90 Å². The molecule has 1 aliphatic rings. The average Bonchev–Trinajstić information content (AvgIpc) is 3.11. The summed E-state index contributed by atoms with van der Waals surface area (Å²) in [5, 5.41) is 4.14. The summed E-state index contributed by atoms with van der Waals surface area (Å²) >= 11 is 0. The van der Waals surface area contributed by atoms with Crippen molar-refractivity contribution in [3.63, 3.8) is 0 Å². The highest BCUT2D eigenvalue weighted by atomic mass is 16.2. The van der Waals surface area contributed by atoms with Gasteiger partial charge in [0.2, 0.25) is 0 Å². The second-order valence-electron chi connectivity index (χ2n) is 5.38. The number of benzene rings is 2. The van der Waals surface area contributed by atoms with Gasteiger partial charge in [-0.05, 0) is 35.9 Å². The van der Waals surface area contributed by atoms with Crippen LogP contribution >= 0.6 is 0 Å². The first-order valence-electron chi connectivity index (χ1n) is 7.23. The molecule has 0 saturated carbocycles. The van der Waals surface area contributed by atoms with E-state index in [1.54, 1.807) is 47.3 Å². The minimum Gasteiger partial charge on any atom is -0.268 e. The fourth-order valence-electron chi connectivity index (χ4n) is 2.86. The smallest absolute Gasteiger partial charge is 0.266 e. The molecule has 23 heavy (non-hydrogen) atoms. The molecule has 0 N–H and O–H groups in total. The first-order chi connectivity index (χ1) is 11.2. The van der Waals surface area contributed by atoms with Crippen molar-refractivity contribution < 1.29 is 9.59 Å². The number of imide groups is 1. The second kappa shape index (κ2) is 4.91. The van der Waals surface area contributed by atoms with E-state index in [4.69, 9.17) is 0 Å². The monoisotopic (exact) mass is 303 g/mol. The largest absolute Gasteiger partial charge is 0.268 e. The number of carbonyl (C=O) groups is 2. The van der Waals surface area contributed by atoms with Gasteiger partial charge in [-0.3, -0.25) is 14.3 Å². The number of fused-ring (bicyclic) bond motifs is 1. The maximum Gasteiger partial charge on any atom is 0.266 e. The van der Waals surface area contributed by atoms with Gasteiger partial charge in [0.05, 0.1) is 22.5 Å². The van der Waals surface area contributed by atoms with Crippen LogP contribution in [0, 0.1) is 0 Å². The molecule has 2 amide bonds. The Kier molecular flexibility index (Phi) is 2.87. The number of hydrogen-bond donors (Lipinski definition) is 0. The zero-order chi connectivity index (χ0) is 16.0. The fourth-order valence-corrected chi connectivity index (χ4v) is 2.86. The summed E-state index contributed by atoms with van der Waals surface area (Å²) in [6, 6.07) is 16.1. The first kappa shape index (κ1) is 13.5. The van der Waals surface area contributed by atoms with E-state index in [2.05, 4.69) is 5.10 Å². The molecule has 5 heteroatoms. The molecule has 1 aliphatic heterocycles. The molecular formula is C18H13N3O2. The molecule has 2 aromatic carbocycles. The van der Waals surface area contributed by atoms with Crippen LogP contribution in [0.15, 0.2) is 60.8 Å². The number of carbonyl (C=O) groups excluding carboxylic acids is 2. The Morgan fingerprint density at radius 3 is 1.96 bits per heavy atom. The van der Waals surface area contributed by atoms with Crippen molar-refractivity contribution in [1.82, 2.24) is 9.78 Å². The van der Waals surface area contributed by atoms with Gasteiger partial charge < -0.3 is 0 Å². The van der Waals surface area contributed by atoms with Gasteiger partial charge in [0.25, 0.3) is 11.8 Å². The predicted molar refractivity (Wildman–Crippen MR) is 86.2 cm³/mol. The molecule has 4 rings (SSSR count). The summed E-state index contributed by atoms with van der Waals surface area (Å²) in [6.07, 6.45) is 1.73. The van der Waals surface area contributed by atoms with Gasteiger partial charge in [0.15, 0.2) is 0 Å². The first-order valence-corrected chi connectivity index (χ1v) is 7.23. The number of amides is 2. The minimum absolute atomic E-state index is 0.279. The van der Waals surface area contributed by atoms with Crippen LogP contribution in [0.5, 0.6) is 0 Å². The molecule has 0 aliphatic carbocycles. The quantitative estimate of drug-likeness (QED) is 0.684. The van der Waals surface area contributed by atoms with Crippen molar-refractivity contribution in [1.29, 1.82) is 0 Å². The Morgan fingerprint density at radius 1 is 0.826 bits per heavy atom. The van der Waals surface area contributed by atoms with Crippen LogP contribution in [0.4, 0.5) is 5.69 Å². The van der Waals surface area contributed by atoms with Crippen molar-refractivity contribution in [2.24, 2.45) is 7.05 Å². The third kappa shape index (κ3) is 1.97. The van der Waals surface area contributed by atoms with Gasteiger partial charge in [-0.15, -0.1) is 0 Å². The lowest BCUT2D eigenvalue weighted by Gasteiger charge is -2.14. The van der Waals surface area contributed by atoms with Gasteiger partial charge in [0, 0.05) is 13.2 Å². The second-order valence-corrected chi connectivity index (χ2v) is 5.38. The van der Waals surface area contributed by atoms with Crippen LogP contribution in [0.1, 0.15) is 20.7 Å². The molecule has 5 nitrogen and oxygen atoms in total. The zero-order valence-electron chi connectivity index (χ0n) is 12.4. The van der Waals surface area contributed by atoms with Gasteiger partial charge in [0.1, 0.15) is 0 Å². The Labute approximate surface area is 132 Å². The SMILES string of the molecule is Cn1nccc1-c1ccc(N2C(=O)c3ccccc3C2=O)cc1. The van der Waals surface area contributed by atoms with Crippen molar-refractivity contribution in [3.05, 3.63) is 71.9 Å². The lowest BCUT2D eigenvalue weighted by atomic mass is 10.1. The van der Waals surface area contributed by atoms with Crippen LogP contribution < -0.4 is 4.90 Å². The Hall–Kier alpha value is -3.21. The molecule has 1 aromatic heterocycles. The Balaban J connectivity index is 1.71. The summed E-state index contributed by atoms with van der Waals surface area (Å²) in [7, 11) is 1.87. The molecule has 3 aromatic rings. The van der Waals surface area contributed by atoms with Gasteiger partial charge >= 0.3 is 0 Å². The van der Waals surface area contributed by atoms with E-state index in [-0.39, 0.29) is 11.8 Å². The number of rotatable bonds is 2. The molecule has 112 valence electrons. The lowest BCUT2D eigenvalue weighted by molar-refractivity contribution is 0.0926. The standard InChI is InChI=1S/C18H13N3O2/c1-20-16(10-11-19-20)12-6-8-13(9-7-12)21-17(22)14-4-2-3-5-15(14)18(21)23/h2-11H,1H3. The third-order valence-electron chi connectivity index (χ3n) is 4.04. The Bertz CT molecular complexity index is 890. The summed E-state index contributed by atoms with van der Waals surface area (Å²) in [5.74, 6) is -0.558. The molecule has 2 heterocycles. The topological polar surface area (TPSA) is 55.2 Å². The molecule has 0 unspecified atom stereocenters.